The SMILES string of the molecule is CC(C)(C)c1ccccc1Oc1cccc(N2CCCCCC2)c1CN. The first-order chi connectivity index (χ1) is 12.5. The quantitative estimate of drug-likeness (QED) is 0.776. The van der Waals surface area contributed by atoms with Gasteiger partial charge < -0.3 is 15.4 Å². The van der Waals surface area contributed by atoms with E-state index >= 15 is 0 Å². The van der Waals surface area contributed by atoms with Gasteiger partial charge >= 0.3 is 0 Å². The van der Waals surface area contributed by atoms with E-state index < -0.39 is 0 Å². The summed E-state index contributed by atoms with van der Waals surface area (Å²) < 4.78 is 6.41. The van der Waals surface area contributed by atoms with E-state index in [1.165, 1.54) is 36.9 Å². The van der Waals surface area contributed by atoms with Crippen molar-refractivity contribution in [2.24, 2.45) is 5.73 Å². The summed E-state index contributed by atoms with van der Waals surface area (Å²) in [5, 5.41) is 0. The second kappa shape index (κ2) is 8.13. The molecule has 3 nitrogen and oxygen atoms in total. The van der Waals surface area contributed by atoms with E-state index in [1.54, 1.807) is 0 Å². The maximum absolute atomic E-state index is 6.41. The number of nitrogens with two attached hydrogens (primary N) is 1. The third-order valence-electron chi connectivity index (χ3n) is 5.17. The summed E-state index contributed by atoms with van der Waals surface area (Å²) in [7, 11) is 0. The molecule has 0 bridgehead atoms. The van der Waals surface area contributed by atoms with Crippen LogP contribution in [0.3, 0.4) is 0 Å². The van der Waals surface area contributed by atoms with Crippen molar-refractivity contribution in [2.45, 2.75) is 58.4 Å². The molecule has 1 fully saturated rings. The lowest BCUT2D eigenvalue weighted by atomic mass is 9.86. The van der Waals surface area contributed by atoms with Crippen molar-refractivity contribution in [1.29, 1.82) is 0 Å². The number of nitrogens with zero attached hydrogens (tertiary/aromatic N) is 1. The summed E-state index contributed by atoms with van der Waals surface area (Å²) in [4.78, 5) is 2.48. The zero-order valence-corrected chi connectivity index (χ0v) is 16.4. The molecule has 2 aromatic rings. The molecule has 2 aromatic carbocycles. The Balaban J connectivity index is 1.95. The minimum Gasteiger partial charge on any atom is -0.457 e. The third kappa shape index (κ3) is 4.21. The molecule has 0 aliphatic carbocycles. The summed E-state index contributed by atoms with van der Waals surface area (Å²) >= 11 is 0. The molecular formula is C23H32N2O. The van der Waals surface area contributed by atoms with Crippen LogP contribution in [0.25, 0.3) is 0 Å². The smallest absolute Gasteiger partial charge is 0.134 e. The molecule has 0 saturated carbocycles. The van der Waals surface area contributed by atoms with E-state index in [1.807, 2.05) is 12.1 Å². The topological polar surface area (TPSA) is 38.5 Å². The van der Waals surface area contributed by atoms with Gasteiger partial charge in [-0.1, -0.05) is 57.9 Å². The third-order valence-corrected chi connectivity index (χ3v) is 5.17. The highest BCUT2D eigenvalue weighted by Crippen LogP contribution is 2.37. The number of hydrogen-bond donors (Lipinski definition) is 1. The molecule has 140 valence electrons. The van der Waals surface area contributed by atoms with Crippen LogP contribution in [0.5, 0.6) is 11.5 Å². The van der Waals surface area contributed by atoms with Crippen LogP contribution < -0.4 is 15.4 Å². The monoisotopic (exact) mass is 352 g/mol. The molecule has 3 rings (SSSR count). The zero-order valence-electron chi connectivity index (χ0n) is 16.4. The van der Waals surface area contributed by atoms with Gasteiger partial charge in [-0.25, -0.2) is 0 Å². The molecule has 0 aromatic heterocycles. The Bertz CT molecular complexity index is 725. The lowest BCUT2D eigenvalue weighted by Gasteiger charge is -2.27. The number of rotatable bonds is 4. The van der Waals surface area contributed by atoms with Crippen molar-refractivity contribution < 1.29 is 4.74 Å². The van der Waals surface area contributed by atoms with Crippen LogP contribution in [-0.4, -0.2) is 13.1 Å². The Morgan fingerprint density at radius 2 is 1.54 bits per heavy atom. The van der Waals surface area contributed by atoms with Gasteiger partial charge in [0.25, 0.3) is 0 Å². The molecule has 1 heterocycles. The summed E-state index contributed by atoms with van der Waals surface area (Å²) in [6.45, 7) is 9.34. The van der Waals surface area contributed by atoms with Crippen LogP contribution in [0.2, 0.25) is 0 Å². The van der Waals surface area contributed by atoms with Gasteiger partial charge in [0.2, 0.25) is 0 Å². The molecule has 0 unspecified atom stereocenters. The van der Waals surface area contributed by atoms with Crippen molar-refractivity contribution in [3.63, 3.8) is 0 Å². The Hall–Kier alpha value is -2.00. The van der Waals surface area contributed by atoms with Gasteiger partial charge in [0.1, 0.15) is 11.5 Å². The first-order valence-corrected chi connectivity index (χ1v) is 9.85. The van der Waals surface area contributed by atoms with Gasteiger partial charge in [-0.3, -0.25) is 0 Å². The molecule has 1 saturated heterocycles. The van der Waals surface area contributed by atoms with Crippen LogP contribution in [0.4, 0.5) is 5.69 Å². The highest BCUT2D eigenvalue weighted by Gasteiger charge is 2.21. The average molecular weight is 353 g/mol. The Morgan fingerprint density at radius 3 is 2.19 bits per heavy atom. The molecule has 1 aliphatic heterocycles. The van der Waals surface area contributed by atoms with Crippen LogP contribution in [0.1, 0.15) is 57.6 Å². The maximum Gasteiger partial charge on any atom is 0.134 e. The van der Waals surface area contributed by atoms with E-state index in [0.29, 0.717) is 6.54 Å². The number of hydrogen-bond acceptors (Lipinski definition) is 3. The molecule has 3 heteroatoms. The molecule has 0 amide bonds. The van der Waals surface area contributed by atoms with Gasteiger partial charge in [-0.15, -0.1) is 0 Å². The van der Waals surface area contributed by atoms with E-state index in [0.717, 1.165) is 30.2 Å². The standard InChI is InChI=1S/C23H32N2O/c1-23(2,3)19-11-6-7-13-22(19)26-21-14-10-12-20(18(21)17-24)25-15-8-4-5-9-16-25/h6-7,10-14H,4-5,8-9,15-17,24H2,1-3H3. The van der Waals surface area contributed by atoms with Crippen LogP contribution in [-0.2, 0) is 12.0 Å². The molecule has 0 radical (unpaired) electrons. The molecule has 26 heavy (non-hydrogen) atoms. The van der Waals surface area contributed by atoms with Crippen LogP contribution in [0.15, 0.2) is 42.5 Å². The number of anilines is 1. The average Bonchev–Trinajstić information content (AvgIpc) is 2.90. The number of para-hydroxylation sites is 1. The van der Waals surface area contributed by atoms with Gasteiger partial charge in [-0.2, -0.15) is 0 Å². The minimum atomic E-state index is 0.0296. The van der Waals surface area contributed by atoms with Gasteiger partial charge in [0.15, 0.2) is 0 Å². The van der Waals surface area contributed by atoms with Crippen molar-refractivity contribution in [3.8, 4) is 11.5 Å². The molecule has 0 atom stereocenters. The molecule has 1 aliphatic rings. The molecular weight excluding hydrogens is 320 g/mol. The molecule has 0 spiro atoms. The predicted molar refractivity (Wildman–Crippen MR) is 110 cm³/mol. The van der Waals surface area contributed by atoms with Crippen LogP contribution in [0, 0.1) is 0 Å². The lowest BCUT2D eigenvalue weighted by molar-refractivity contribution is 0.450. The largest absolute Gasteiger partial charge is 0.457 e. The minimum absolute atomic E-state index is 0.0296. The fourth-order valence-electron chi connectivity index (χ4n) is 3.76. The highest BCUT2D eigenvalue weighted by atomic mass is 16.5. The predicted octanol–water partition coefficient (Wildman–Crippen LogP) is 5.62. The summed E-state index contributed by atoms with van der Waals surface area (Å²) in [5.41, 5.74) is 9.75. The van der Waals surface area contributed by atoms with E-state index in [2.05, 4.69) is 56.0 Å². The van der Waals surface area contributed by atoms with E-state index in [4.69, 9.17) is 10.5 Å². The lowest BCUT2D eigenvalue weighted by Crippen LogP contribution is -2.25. The fourth-order valence-corrected chi connectivity index (χ4v) is 3.76. The van der Waals surface area contributed by atoms with E-state index in [-0.39, 0.29) is 5.41 Å². The Morgan fingerprint density at radius 1 is 0.885 bits per heavy atom. The van der Waals surface area contributed by atoms with Crippen molar-refractivity contribution >= 4 is 5.69 Å². The number of ether oxygens (including phenoxy) is 1. The Labute approximate surface area is 158 Å². The highest BCUT2D eigenvalue weighted by molar-refractivity contribution is 5.60. The van der Waals surface area contributed by atoms with Gasteiger partial charge in [0, 0.05) is 36.4 Å². The fraction of sp³-hybridized carbons (Fsp3) is 0.478. The summed E-state index contributed by atoms with van der Waals surface area (Å²) in [6.07, 6.45) is 5.15. The zero-order chi connectivity index (χ0) is 18.6. The van der Waals surface area contributed by atoms with Gasteiger partial charge in [-0.05, 0) is 36.5 Å². The van der Waals surface area contributed by atoms with Crippen molar-refractivity contribution in [3.05, 3.63) is 53.6 Å². The van der Waals surface area contributed by atoms with Crippen molar-refractivity contribution in [1.82, 2.24) is 0 Å². The first-order valence-electron chi connectivity index (χ1n) is 9.85. The van der Waals surface area contributed by atoms with Crippen LogP contribution >= 0.6 is 0 Å². The normalized spacial score (nSPS) is 15.6. The van der Waals surface area contributed by atoms with E-state index in [9.17, 15) is 0 Å². The summed E-state index contributed by atoms with van der Waals surface area (Å²) in [5.74, 6) is 1.80. The second-order valence-electron chi connectivity index (χ2n) is 8.21. The maximum atomic E-state index is 6.41. The molecule has 2 N–H and O–H groups in total. The first kappa shape index (κ1) is 18.8. The van der Waals surface area contributed by atoms with Crippen molar-refractivity contribution in [2.75, 3.05) is 18.0 Å². The Kier molecular flexibility index (Phi) is 5.87. The summed E-state index contributed by atoms with van der Waals surface area (Å²) in [6, 6.07) is 14.6. The second-order valence-corrected chi connectivity index (χ2v) is 8.21. The van der Waals surface area contributed by atoms with Gasteiger partial charge in [0.05, 0.1) is 0 Å². The number of benzene rings is 2.